The molecule has 0 bridgehead atoms. The molecule has 0 aliphatic carbocycles. The van der Waals surface area contributed by atoms with Crippen LogP contribution in [0, 0.1) is 0 Å². The van der Waals surface area contributed by atoms with E-state index in [1.54, 1.807) is 48.5 Å². The normalized spacial score (nSPS) is 12.1. The van der Waals surface area contributed by atoms with Gasteiger partial charge >= 0.3 is 41.6 Å². The minimum absolute atomic E-state index is 0.0409. The smallest absolute Gasteiger partial charge is 0.446 e. The molecule has 70 heavy (non-hydrogen) atoms. The Labute approximate surface area is 395 Å². The van der Waals surface area contributed by atoms with Gasteiger partial charge in [0.2, 0.25) is 0 Å². The van der Waals surface area contributed by atoms with Crippen molar-refractivity contribution in [3.63, 3.8) is 0 Å². The molecule has 6 aromatic carbocycles. The van der Waals surface area contributed by atoms with Gasteiger partial charge in [0.05, 0.1) is 0 Å². The van der Waals surface area contributed by atoms with Gasteiger partial charge in [-0.05, 0) is 70.8 Å². The molecule has 0 unspecified atom stereocenters. The zero-order valence-electron chi connectivity index (χ0n) is 34.9. The molecule has 26 heteroatoms. The molecule has 0 amide bonds. The zero-order valence-corrected chi connectivity index (χ0v) is 38.2. The number of rotatable bonds is 17. The topological polar surface area (TPSA) is 333 Å². The second-order valence-corrected chi connectivity index (χ2v) is 18.7. The van der Waals surface area contributed by atoms with Crippen molar-refractivity contribution in [2.45, 2.75) is 13.2 Å². The Balaban J connectivity index is 0.981. The maximum absolute atomic E-state index is 13.4. The van der Waals surface area contributed by atoms with Gasteiger partial charge in [-0.2, -0.15) is 33.7 Å². The Hall–Kier alpha value is -7.82. The molecule has 2 aromatic heterocycles. The number of benzene rings is 6. The van der Waals surface area contributed by atoms with Gasteiger partial charge in [-0.1, -0.05) is 48.5 Å². The number of ether oxygens (including phenoxy) is 2. The quantitative estimate of drug-likeness (QED) is 0.0682. The highest BCUT2D eigenvalue weighted by atomic mass is 32.3. The van der Waals surface area contributed by atoms with E-state index in [4.69, 9.17) is 27.4 Å². The van der Waals surface area contributed by atoms with Crippen LogP contribution < -0.4 is 37.1 Å². The van der Waals surface area contributed by atoms with Gasteiger partial charge in [0, 0.05) is 47.5 Å². The van der Waals surface area contributed by atoms with Crippen LogP contribution in [0.4, 0.5) is 0 Å². The average Bonchev–Trinajstić information content (AvgIpc) is 3.25. The molecule has 8 rings (SSSR count). The summed E-state index contributed by atoms with van der Waals surface area (Å²) in [5, 5.41) is -0.220. The predicted molar refractivity (Wildman–Crippen MR) is 245 cm³/mol. The summed E-state index contributed by atoms with van der Waals surface area (Å²) >= 11 is 0. The van der Waals surface area contributed by atoms with Gasteiger partial charge < -0.3 is 35.0 Å². The zero-order chi connectivity index (χ0) is 50.2. The molecule has 0 spiro atoms. The average molecular weight is 1040 g/mol. The summed E-state index contributed by atoms with van der Waals surface area (Å²) in [7, 11) is -19.7. The molecule has 0 fully saturated rings. The van der Waals surface area contributed by atoms with Crippen molar-refractivity contribution in [2.75, 3.05) is 0 Å². The molecule has 0 atom stereocenters. The summed E-state index contributed by atoms with van der Waals surface area (Å²) in [6.07, 6.45) is 0. The first-order valence-electron chi connectivity index (χ1n) is 19.5. The lowest BCUT2D eigenvalue weighted by Crippen LogP contribution is -2.09. The monoisotopic (exact) mass is 1040 g/mol. The Kier molecular flexibility index (Phi) is 13.2. The van der Waals surface area contributed by atoms with Gasteiger partial charge in [-0.25, -0.2) is 0 Å². The lowest BCUT2D eigenvalue weighted by atomic mass is 10.0. The lowest BCUT2D eigenvalue weighted by Gasteiger charge is -2.13. The van der Waals surface area contributed by atoms with Crippen LogP contribution in [0.2, 0.25) is 0 Å². The molecular weight excluding hydrogens is 1010 g/mol. The summed E-state index contributed by atoms with van der Waals surface area (Å²) in [5.74, 6) is -1.80. The summed E-state index contributed by atoms with van der Waals surface area (Å²) in [4.78, 5) is 26.9. The molecule has 0 aliphatic heterocycles. The van der Waals surface area contributed by atoms with Crippen LogP contribution in [0.5, 0.6) is 34.5 Å². The van der Waals surface area contributed by atoms with Crippen molar-refractivity contribution in [3.8, 4) is 68.3 Å². The third kappa shape index (κ3) is 12.4. The molecule has 0 saturated carbocycles. The van der Waals surface area contributed by atoms with Crippen molar-refractivity contribution < 1.29 is 86.9 Å². The maximum Gasteiger partial charge on any atom is 0.446 e. The van der Waals surface area contributed by atoms with E-state index in [2.05, 4.69) is 16.7 Å². The van der Waals surface area contributed by atoms with E-state index in [9.17, 15) is 52.4 Å². The van der Waals surface area contributed by atoms with E-state index >= 15 is 0 Å². The second kappa shape index (κ2) is 18.9. The summed E-state index contributed by atoms with van der Waals surface area (Å²) in [5.41, 5.74) is 1.58. The third-order valence-electron chi connectivity index (χ3n) is 9.65. The highest BCUT2D eigenvalue weighted by molar-refractivity contribution is 7.82. The van der Waals surface area contributed by atoms with Gasteiger partial charge in [-0.15, -0.1) is 0 Å². The molecule has 22 nitrogen and oxygen atoms in total. The Bertz CT molecular complexity index is 3630. The Morgan fingerprint density at radius 1 is 0.371 bits per heavy atom. The third-order valence-corrected chi connectivity index (χ3v) is 11.3. The van der Waals surface area contributed by atoms with Crippen molar-refractivity contribution in [3.05, 3.63) is 165 Å². The first kappa shape index (κ1) is 48.6. The van der Waals surface area contributed by atoms with Crippen LogP contribution in [0.25, 0.3) is 55.7 Å². The van der Waals surface area contributed by atoms with Crippen LogP contribution in [-0.4, -0.2) is 51.9 Å². The minimum Gasteiger partial charge on any atom is -0.488 e. The molecule has 0 saturated heterocycles. The summed E-state index contributed by atoms with van der Waals surface area (Å²) in [6.45, 7) is -0.297. The second-order valence-electron chi connectivity index (χ2n) is 14.6. The lowest BCUT2D eigenvalue weighted by molar-refractivity contribution is 0.308. The highest BCUT2D eigenvalue weighted by Crippen LogP contribution is 2.36. The largest absolute Gasteiger partial charge is 0.488 e. The van der Waals surface area contributed by atoms with Gasteiger partial charge in [0.25, 0.3) is 0 Å². The standard InChI is InChI=1S/C44H30O22S4/c45-35-21-37(29-9-13-31(14-10-29)63-67(47,48)49)61-41-19-33(65-69(53,54)55)17-39(43(35)41)59-23-25-1-5-27(6-2-25)28-7-3-26(4-8-28)24-60-40-18-34(66-70(56,57)58)20-42-44(40)36(46)22-38(62-42)30-11-15-32(16-12-30)64-68(50,51)52/h1-22H,23-24H2,(H,47,48,49)(H,50,51,52)(H,53,54,55)(H,56,57,58). The fraction of sp³-hybridized carbons (Fsp3) is 0.0455. The fourth-order valence-corrected chi connectivity index (χ4v) is 8.20. The summed E-state index contributed by atoms with van der Waals surface area (Å²) < 4.78 is 169. The molecule has 362 valence electrons. The van der Waals surface area contributed by atoms with Crippen LogP contribution >= 0.6 is 0 Å². The molecular formula is C44H30O22S4. The van der Waals surface area contributed by atoms with Crippen molar-refractivity contribution in [1.29, 1.82) is 0 Å². The highest BCUT2D eigenvalue weighted by Gasteiger charge is 2.20. The van der Waals surface area contributed by atoms with Crippen LogP contribution in [0.1, 0.15) is 11.1 Å². The van der Waals surface area contributed by atoms with Crippen molar-refractivity contribution >= 4 is 63.5 Å². The molecule has 0 aliphatic rings. The Morgan fingerprint density at radius 3 is 0.986 bits per heavy atom. The van der Waals surface area contributed by atoms with Gasteiger partial charge in [0.1, 0.15) is 69.7 Å². The van der Waals surface area contributed by atoms with Crippen LogP contribution in [0.15, 0.2) is 152 Å². The van der Waals surface area contributed by atoms with E-state index in [1.165, 1.54) is 48.5 Å². The minimum atomic E-state index is -5.03. The first-order valence-corrected chi connectivity index (χ1v) is 24.9. The van der Waals surface area contributed by atoms with Crippen molar-refractivity contribution in [1.82, 2.24) is 0 Å². The molecule has 4 N–H and O–H groups in total. The van der Waals surface area contributed by atoms with Crippen LogP contribution in [0.3, 0.4) is 0 Å². The number of hydrogen-bond donors (Lipinski definition) is 4. The molecule has 8 aromatic rings. The first-order chi connectivity index (χ1) is 32.9. The van der Waals surface area contributed by atoms with Gasteiger partial charge in [0.15, 0.2) is 22.4 Å². The summed E-state index contributed by atoms with van der Waals surface area (Å²) in [6, 6.07) is 30.5. The molecule has 2 heterocycles. The van der Waals surface area contributed by atoms with E-state index in [1.807, 2.05) is 0 Å². The van der Waals surface area contributed by atoms with E-state index in [0.29, 0.717) is 11.1 Å². The number of hydrogen-bond acceptors (Lipinski definition) is 18. The van der Waals surface area contributed by atoms with Gasteiger partial charge in [-0.3, -0.25) is 27.8 Å². The fourth-order valence-electron chi connectivity index (χ4n) is 6.81. The molecule has 0 radical (unpaired) electrons. The number of fused-ring (bicyclic) bond motifs is 2. The van der Waals surface area contributed by atoms with E-state index in [-0.39, 0.29) is 80.8 Å². The maximum atomic E-state index is 13.4. The Morgan fingerprint density at radius 2 is 0.671 bits per heavy atom. The van der Waals surface area contributed by atoms with Crippen molar-refractivity contribution in [2.24, 2.45) is 0 Å². The SMILES string of the molecule is O=c1cc(-c2ccc(OS(=O)(=O)O)cc2)oc2cc(OS(=O)(=O)O)cc(OCc3ccc(-c4ccc(COc5cc(OS(=O)(=O)O)cc6oc(-c7ccc(OS(=O)(=O)O)cc7)cc(=O)c56)cc4)cc3)c12. The van der Waals surface area contributed by atoms with Crippen LogP contribution in [-0.2, 0) is 54.8 Å². The predicted octanol–water partition coefficient (Wildman–Crippen LogP) is 6.78. The van der Waals surface area contributed by atoms with E-state index in [0.717, 1.165) is 47.5 Å². The van der Waals surface area contributed by atoms with E-state index < -0.39 is 64.0 Å².